The van der Waals surface area contributed by atoms with Gasteiger partial charge < -0.3 is 9.47 Å². The first-order valence-corrected chi connectivity index (χ1v) is 8.13. The SMILES string of the molecule is COC(=O)c1ccc(Oc2ccc(C3(C(F)(F)C(F)(F)F)CC3)cc2F)cc1. The molecule has 0 aliphatic heterocycles. The van der Waals surface area contributed by atoms with Crippen molar-refractivity contribution in [1.29, 1.82) is 0 Å². The van der Waals surface area contributed by atoms with Crippen LogP contribution in [0, 0.1) is 5.82 Å². The van der Waals surface area contributed by atoms with Gasteiger partial charge in [0.05, 0.1) is 18.1 Å². The van der Waals surface area contributed by atoms with Crippen molar-refractivity contribution in [2.75, 3.05) is 7.11 Å². The number of benzene rings is 2. The third-order valence-corrected chi connectivity index (χ3v) is 4.69. The van der Waals surface area contributed by atoms with Gasteiger partial charge in [-0.15, -0.1) is 0 Å². The van der Waals surface area contributed by atoms with Gasteiger partial charge in [-0.05, 0) is 54.8 Å². The molecule has 2 aromatic carbocycles. The fraction of sp³-hybridized carbons (Fsp3) is 0.316. The highest BCUT2D eigenvalue weighted by Gasteiger charge is 2.75. The van der Waals surface area contributed by atoms with Gasteiger partial charge >= 0.3 is 18.1 Å². The average molecular weight is 404 g/mol. The summed E-state index contributed by atoms with van der Waals surface area (Å²) in [6.07, 6.45) is -6.52. The summed E-state index contributed by atoms with van der Waals surface area (Å²) >= 11 is 0. The third kappa shape index (κ3) is 3.29. The normalized spacial score (nSPS) is 15.8. The van der Waals surface area contributed by atoms with Crippen molar-refractivity contribution in [3.63, 3.8) is 0 Å². The Balaban J connectivity index is 1.83. The highest BCUT2D eigenvalue weighted by Crippen LogP contribution is 2.63. The Morgan fingerprint density at radius 1 is 1.00 bits per heavy atom. The summed E-state index contributed by atoms with van der Waals surface area (Å²) in [6.45, 7) is 0. The summed E-state index contributed by atoms with van der Waals surface area (Å²) in [4.78, 5) is 11.4. The quantitative estimate of drug-likeness (QED) is 0.478. The van der Waals surface area contributed by atoms with Crippen molar-refractivity contribution in [3.8, 4) is 11.5 Å². The molecule has 0 radical (unpaired) electrons. The van der Waals surface area contributed by atoms with Crippen molar-refractivity contribution in [2.45, 2.75) is 30.4 Å². The lowest BCUT2D eigenvalue weighted by molar-refractivity contribution is -0.296. The van der Waals surface area contributed by atoms with Crippen LogP contribution in [0.2, 0.25) is 0 Å². The summed E-state index contributed by atoms with van der Waals surface area (Å²) in [5, 5.41) is 0. The Labute approximate surface area is 155 Å². The first kappa shape index (κ1) is 20.0. The molecule has 0 N–H and O–H groups in total. The van der Waals surface area contributed by atoms with Crippen molar-refractivity contribution in [3.05, 3.63) is 59.4 Å². The van der Waals surface area contributed by atoms with E-state index in [-0.39, 0.29) is 17.1 Å². The van der Waals surface area contributed by atoms with E-state index in [0.29, 0.717) is 6.07 Å². The van der Waals surface area contributed by atoms with Crippen LogP contribution < -0.4 is 4.74 Å². The number of methoxy groups -OCH3 is 1. The fourth-order valence-corrected chi connectivity index (χ4v) is 2.97. The standard InChI is InChI=1S/C19H14F6O3/c1-27-16(26)11-2-5-13(6-3-11)28-15-7-4-12(10-14(15)20)17(8-9-17)18(21,22)19(23,24)25/h2-7,10H,8-9H2,1H3. The molecule has 0 atom stereocenters. The molecule has 0 saturated heterocycles. The second kappa shape index (κ2) is 6.72. The lowest BCUT2D eigenvalue weighted by Gasteiger charge is -2.29. The number of hydrogen-bond donors (Lipinski definition) is 0. The van der Waals surface area contributed by atoms with E-state index >= 15 is 0 Å². The molecule has 0 amide bonds. The Morgan fingerprint density at radius 2 is 1.61 bits per heavy atom. The summed E-state index contributed by atoms with van der Waals surface area (Å²) < 4.78 is 90.0. The molecule has 0 bridgehead atoms. The second-order valence-corrected chi connectivity index (χ2v) is 6.42. The van der Waals surface area contributed by atoms with E-state index in [1.54, 1.807) is 0 Å². The highest BCUT2D eigenvalue weighted by atomic mass is 19.4. The van der Waals surface area contributed by atoms with Gasteiger partial charge in [0, 0.05) is 0 Å². The minimum absolute atomic E-state index is 0.140. The molecular formula is C19H14F6O3. The Bertz CT molecular complexity index is 886. The fourth-order valence-electron chi connectivity index (χ4n) is 2.97. The van der Waals surface area contributed by atoms with Crippen molar-refractivity contribution >= 4 is 5.97 Å². The van der Waals surface area contributed by atoms with Gasteiger partial charge in [-0.1, -0.05) is 6.07 Å². The van der Waals surface area contributed by atoms with Crippen molar-refractivity contribution < 1.29 is 40.6 Å². The third-order valence-electron chi connectivity index (χ3n) is 4.69. The van der Waals surface area contributed by atoms with Crippen LogP contribution in [0.4, 0.5) is 26.3 Å². The molecule has 1 aliphatic carbocycles. The van der Waals surface area contributed by atoms with E-state index in [1.807, 2.05) is 0 Å². The average Bonchev–Trinajstić information content (AvgIpc) is 3.45. The summed E-state index contributed by atoms with van der Waals surface area (Å²) in [7, 11) is 1.21. The van der Waals surface area contributed by atoms with Crippen LogP contribution in [0.1, 0.15) is 28.8 Å². The van der Waals surface area contributed by atoms with E-state index in [9.17, 15) is 31.1 Å². The Morgan fingerprint density at radius 3 is 2.07 bits per heavy atom. The van der Waals surface area contributed by atoms with Crippen LogP contribution in [0.15, 0.2) is 42.5 Å². The predicted octanol–water partition coefficient (Wildman–Crippen LogP) is 5.63. The van der Waals surface area contributed by atoms with E-state index in [0.717, 1.165) is 12.1 Å². The molecule has 3 nitrogen and oxygen atoms in total. The Hall–Kier alpha value is -2.71. The van der Waals surface area contributed by atoms with E-state index < -0.39 is 47.7 Å². The number of halogens is 6. The number of carbonyl (C=O) groups is 1. The van der Waals surface area contributed by atoms with Gasteiger partial charge in [0.1, 0.15) is 5.75 Å². The van der Waals surface area contributed by atoms with Gasteiger partial charge in [-0.3, -0.25) is 0 Å². The van der Waals surface area contributed by atoms with Crippen LogP contribution in [0.5, 0.6) is 11.5 Å². The Kier molecular flexibility index (Phi) is 4.81. The van der Waals surface area contributed by atoms with Crippen LogP contribution in [0.25, 0.3) is 0 Å². The van der Waals surface area contributed by atoms with Crippen LogP contribution in [-0.4, -0.2) is 25.2 Å². The zero-order valence-electron chi connectivity index (χ0n) is 14.4. The van der Waals surface area contributed by atoms with Gasteiger partial charge in [0.15, 0.2) is 11.6 Å². The zero-order valence-corrected chi connectivity index (χ0v) is 14.4. The highest BCUT2D eigenvalue weighted by molar-refractivity contribution is 5.89. The van der Waals surface area contributed by atoms with E-state index in [1.165, 1.54) is 31.4 Å². The number of rotatable bonds is 5. The number of alkyl halides is 5. The first-order valence-electron chi connectivity index (χ1n) is 8.13. The molecule has 1 saturated carbocycles. The van der Waals surface area contributed by atoms with Crippen LogP contribution in [-0.2, 0) is 10.2 Å². The molecule has 28 heavy (non-hydrogen) atoms. The smallest absolute Gasteiger partial charge is 0.454 e. The molecular weight excluding hydrogens is 390 g/mol. The summed E-state index contributed by atoms with van der Waals surface area (Å²) in [5.74, 6) is -6.82. The molecule has 3 rings (SSSR count). The van der Waals surface area contributed by atoms with Gasteiger partial charge in [-0.2, -0.15) is 22.0 Å². The number of carbonyl (C=O) groups excluding carboxylic acids is 1. The minimum Gasteiger partial charge on any atom is -0.465 e. The van der Waals surface area contributed by atoms with Crippen molar-refractivity contribution in [2.24, 2.45) is 0 Å². The zero-order chi connectivity index (χ0) is 20.7. The summed E-state index contributed by atoms with van der Waals surface area (Å²) in [6, 6.07) is 8.12. The van der Waals surface area contributed by atoms with Gasteiger partial charge in [-0.25, -0.2) is 9.18 Å². The number of esters is 1. The molecule has 0 spiro atoms. The predicted molar refractivity (Wildman–Crippen MR) is 86.2 cm³/mol. The molecule has 0 heterocycles. The molecule has 1 fully saturated rings. The van der Waals surface area contributed by atoms with E-state index in [2.05, 4.69) is 4.74 Å². The topological polar surface area (TPSA) is 35.5 Å². The monoisotopic (exact) mass is 404 g/mol. The largest absolute Gasteiger partial charge is 0.465 e. The van der Waals surface area contributed by atoms with Crippen molar-refractivity contribution in [1.82, 2.24) is 0 Å². The summed E-state index contributed by atoms with van der Waals surface area (Å²) in [5.41, 5.74) is -2.65. The minimum atomic E-state index is -5.73. The van der Waals surface area contributed by atoms with Crippen LogP contribution in [0.3, 0.4) is 0 Å². The second-order valence-electron chi connectivity index (χ2n) is 6.42. The molecule has 1 aliphatic rings. The molecule has 0 unspecified atom stereocenters. The number of hydrogen-bond acceptors (Lipinski definition) is 3. The maximum absolute atomic E-state index is 14.3. The van der Waals surface area contributed by atoms with Gasteiger partial charge in [0.25, 0.3) is 0 Å². The molecule has 150 valence electrons. The first-order chi connectivity index (χ1) is 13.0. The maximum Gasteiger partial charge on any atom is 0.454 e. The van der Waals surface area contributed by atoms with E-state index in [4.69, 9.17) is 4.74 Å². The number of ether oxygens (including phenoxy) is 2. The molecule has 2 aromatic rings. The molecule has 9 heteroatoms. The lowest BCUT2D eigenvalue weighted by atomic mass is 9.88. The van der Waals surface area contributed by atoms with Crippen LogP contribution >= 0.6 is 0 Å². The lowest BCUT2D eigenvalue weighted by Crippen LogP contribution is -2.47. The maximum atomic E-state index is 14.3. The van der Waals surface area contributed by atoms with Gasteiger partial charge in [0.2, 0.25) is 0 Å². The molecule has 0 aromatic heterocycles.